The van der Waals surface area contributed by atoms with Crippen LogP contribution in [-0.2, 0) is 17.6 Å². The minimum absolute atomic E-state index is 0.223. The molecular formula is C18H15ClO3. The summed E-state index contributed by atoms with van der Waals surface area (Å²) in [4.78, 5) is 12.0. The summed E-state index contributed by atoms with van der Waals surface area (Å²) >= 11 is 6.14. The van der Waals surface area contributed by atoms with Gasteiger partial charge in [0.1, 0.15) is 11.5 Å². The van der Waals surface area contributed by atoms with Crippen molar-refractivity contribution in [3.8, 4) is 11.5 Å². The van der Waals surface area contributed by atoms with Crippen molar-refractivity contribution in [1.82, 2.24) is 0 Å². The van der Waals surface area contributed by atoms with Gasteiger partial charge in [0.2, 0.25) is 0 Å². The summed E-state index contributed by atoms with van der Waals surface area (Å²) in [7, 11) is 0. The maximum absolute atomic E-state index is 12.0. The molecule has 0 unspecified atom stereocenters. The molecule has 1 aliphatic carbocycles. The quantitative estimate of drug-likeness (QED) is 0.512. The van der Waals surface area contributed by atoms with Gasteiger partial charge in [0.05, 0.1) is 0 Å². The van der Waals surface area contributed by atoms with Gasteiger partial charge in [-0.25, -0.2) is 4.79 Å². The molecule has 4 heteroatoms. The molecule has 0 heterocycles. The van der Waals surface area contributed by atoms with Crippen LogP contribution in [0.1, 0.15) is 18.1 Å². The fourth-order valence-electron chi connectivity index (χ4n) is 2.65. The zero-order chi connectivity index (χ0) is 15.9. The first-order chi connectivity index (χ1) is 10.5. The van der Waals surface area contributed by atoms with Crippen LogP contribution in [0, 0.1) is 0 Å². The van der Waals surface area contributed by atoms with Gasteiger partial charge in [-0.15, -0.1) is 0 Å². The van der Waals surface area contributed by atoms with Gasteiger partial charge >= 0.3 is 5.97 Å². The Labute approximate surface area is 133 Å². The van der Waals surface area contributed by atoms with Gasteiger partial charge in [0.25, 0.3) is 0 Å². The summed E-state index contributed by atoms with van der Waals surface area (Å²) in [5.41, 5.74) is 1.84. The van der Waals surface area contributed by atoms with Crippen LogP contribution >= 0.6 is 11.6 Å². The number of allylic oxidation sites excluding steroid dienone is 2. The third kappa shape index (κ3) is 2.38. The second-order valence-corrected chi connectivity index (χ2v) is 5.87. The standard InChI is InChI=1S/C18H15ClO3/c1-10(2)18(21)22-17-14-6-4-3-5-12(14)16(20)13-8-7-11(19)9-15(13)17/h3-7,20H,1,8-9H2,2H3. The lowest BCUT2D eigenvalue weighted by atomic mass is 9.90. The Balaban J connectivity index is 2.29. The van der Waals surface area contributed by atoms with E-state index >= 15 is 0 Å². The highest BCUT2D eigenvalue weighted by Crippen LogP contribution is 2.43. The van der Waals surface area contributed by atoms with E-state index < -0.39 is 5.97 Å². The molecule has 1 aliphatic rings. The van der Waals surface area contributed by atoms with Gasteiger partial charge in [-0.05, 0) is 13.3 Å². The number of ether oxygens (including phenoxy) is 1. The fraction of sp³-hybridized carbons (Fsp3) is 0.167. The molecule has 0 aromatic heterocycles. The van der Waals surface area contributed by atoms with Crippen LogP contribution in [0.15, 0.2) is 47.5 Å². The summed E-state index contributed by atoms with van der Waals surface area (Å²) in [5.74, 6) is 0.201. The Morgan fingerprint density at radius 2 is 1.95 bits per heavy atom. The minimum atomic E-state index is -0.483. The second-order valence-electron chi connectivity index (χ2n) is 5.38. The zero-order valence-electron chi connectivity index (χ0n) is 12.1. The molecule has 0 bridgehead atoms. The summed E-state index contributed by atoms with van der Waals surface area (Å²) < 4.78 is 5.56. The van der Waals surface area contributed by atoms with Crippen molar-refractivity contribution in [2.45, 2.75) is 19.8 Å². The number of hydrogen-bond acceptors (Lipinski definition) is 3. The van der Waals surface area contributed by atoms with Crippen LogP contribution < -0.4 is 4.74 Å². The normalized spacial score (nSPS) is 13.5. The third-order valence-electron chi connectivity index (χ3n) is 3.77. The van der Waals surface area contributed by atoms with Crippen LogP contribution in [0.2, 0.25) is 0 Å². The van der Waals surface area contributed by atoms with Crippen molar-refractivity contribution in [2.24, 2.45) is 0 Å². The number of benzene rings is 2. The lowest BCUT2D eigenvalue weighted by Gasteiger charge is -2.21. The Bertz CT molecular complexity index is 834. The number of fused-ring (bicyclic) bond motifs is 2. The van der Waals surface area contributed by atoms with Crippen LogP contribution in [0.4, 0.5) is 0 Å². The van der Waals surface area contributed by atoms with Crippen LogP contribution in [-0.4, -0.2) is 11.1 Å². The molecule has 3 nitrogen and oxygen atoms in total. The number of aromatic hydroxyl groups is 1. The van der Waals surface area contributed by atoms with E-state index in [-0.39, 0.29) is 5.75 Å². The first-order valence-electron chi connectivity index (χ1n) is 6.96. The molecular weight excluding hydrogens is 300 g/mol. The highest BCUT2D eigenvalue weighted by Gasteiger charge is 2.24. The molecule has 0 spiro atoms. The average Bonchev–Trinajstić information content (AvgIpc) is 2.51. The Morgan fingerprint density at radius 3 is 2.64 bits per heavy atom. The predicted octanol–water partition coefficient (Wildman–Crippen LogP) is 4.25. The number of halogens is 1. The number of rotatable bonds is 2. The number of hydrogen-bond donors (Lipinski definition) is 1. The first-order valence-corrected chi connectivity index (χ1v) is 7.34. The van der Waals surface area contributed by atoms with E-state index in [1.807, 2.05) is 30.3 Å². The summed E-state index contributed by atoms with van der Waals surface area (Å²) in [5, 5.41) is 12.6. The van der Waals surface area contributed by atoms with Gasteiger partial charge in [-0.1, -0.05) is 48.5 Å². The van der Waals surface area contributed by atoms with Gasteiger partial charge < -0.3 is 9.84 Å². The van der Waals surface area contributed by atoms with E-state index in [0.29, 0.717) is 40.0 Å². The highest BCUT2D eigenvalue weighted by molar-refractivity contribution is 6.30. The van der Waals surface area contributed by atoms with Gasteiger partial charge in [0.15, 0.2) is 0 Å². The van der Waals surface area contributed by atoms with Gasteiger partial charge in [-0.2, -0.15) is 0 Å². The lowest BCUT2D eigenvalue weighted by Crippen LogP contribution is -2.12. The molecule has 22 heavy (non-hydrogen) atoms. The SMILES string of the molecule is C=C(C)C(=O)Oc1c2c(c(O)c3ccccc13)CC=C(Cl)C2. The van der Waals surface area contributed by atoms with E-state index in [1.54, 1.807) is 6.92 Å². The van der Waals surface area contributed by atoms with Gasteiger partial charge in [-0.3, -0.25) is 0 Å². The molecule has 0 atom stereocenters. The molecule has 0 radical (unpaired) electrons. The molecule has 0 aliphatic heterocycles. The number of carbonyl (C=O) groups is 1. The number of esters is 1. The van der Waals surface area contributed by atoms with Crippen LogP contribution in [0.5, 0.6) is 11.5 Å². The van der Waals surface area contributed by atoms with E-state index in [9.17, 15) is 9.90 Å². The molecule has 0 saturated heterocycles. The predicted molar refractivity (Wildman–Crippen MR) is 87.4 cm³/mol. The zero-order valence-corrected chi connectivity index (χ0v) is 12.9. The topological polar surface area (TPSA) is 46.5 Å². The largest absolute Gasteiger partial charge is 0.507 e. The Hall–Kier alpha value is -2.26. The molecule has 0 amide bonds. The van der Waals surface area contributed by atoms with E-state index in [2.05, 4.69) is 6.58 Å². The number of phenolic OH excluding ortho intramolecular Hbond substituents is 1. The Kier molecular flexibility index (Phi) is 3.67. The average molecular weight is 315 g/mol. The maximum Gasteiger partial charge on any atom is 0.338 e. The highest BCUT2D eigenvalue weighted by atomic mass is 35.5. The van der Waals surface area contributed by atoms with Crippen molar-refractivity contribution in [3.63, 3.8) is 0 Å². The summed E-state index contributed by atoms with van der Waals surface area (Å²) in [6.45, 7) is 5.22. The molecule has 3 rings (SSSR count). The number of carbonyl (C=O) groups excluding carboxylic acids is 1. The first kappa shape index (κ1) is 14.7. The van der Waals surface area contributed by atoms with Crippen molar-refractivity contribution in [3.05, 3.63) is 58.7 Å². The fourth-order valence-corrected chi connectivity index (χ4v) is 2.86. The van der Waals surface area contributed by atoms with Crippen molar-refractivity contribution in [1.29, 1.82) is 0 Å². The maximum atomic E-state index is 12.0. The van der Waals surface area contributed by atoms with Gasteiger partial charge in [0, 0.05) is 38.9 Å². The van der Waals surface area contributed by atoms with Crippen LogP contribution in [0.3, 0.4) is 0 Å². The lowest BCUT2D eigenvalue weighted by molar-refractivity contribution is -0.130. The minimum Gasteiger partial charge on any atom is -0.507 e. The molecule has 2 aromatic carbocycles. The summed E-state index contributed by atoms with van der Waals surface area (Å²) in [6, 6.07) is 7.31. The van der Waals surface area contributed by atoms with Crippen molar-refractivity contribution >= 4 is 28.3 Å². The number of phenols is 1. The van der Waals surface area contributed by atoms with Crippen LogP contribution in [0.25, 0.3) is 10.8 Å². The van der Waals surface area contributed by atoms with E-state index in [4.69, 9.17) is 16.3 Å². The molecule has 0 saturated carbocycles. The third-order valence-corrected chi connectivity index (χ3v) is 4.06. The molecule has 2 aromatic rings. The van der Waals surface area contributed by atoms with E-state index in [1.165, 1.54) is 0 Å². The monoisotopic (exact) mass is 314 g/mol. The van der Waals surface area contributed by atoms with Crippen molar-refractivity contribution < 1.29 is 14.6 Å². The van der Waals surface area contributed by atoms with Crippen molar-refractivity contribution in [2.75, 3.05) is 0 Å². The smallest absolute Gasteiger partial charge is 0.338 e. The molecule has 0 fully saturated rings. The second kappa shape index (κ2) is 5.50. The molecule has 112 valence electrons. The summed E-state index contributed by atoms with van der Waals surface area (Å²) in [6.07, 6.45) is 2.82. The van der Waals surface area contributed by atoms with E-state index in [0.717, 1.165) is 11.1 Å². The molecule has 1 N–H and O–H groups in total. The Morgan fingerprint density at radius 1 is 1.27 bits per heavy atom.